The number of benzene rings is 3. The lowest BCUT2D eigenvalue weighted by atomic mass is 10.0. The third-order valence-corrected chi connectivity index (χ3v) is 8.21. The highest BCUT2D eigenvalue weighted by Gasteiger charge is 2.21. The van der Waals surface area contributed by atoms with E-state index in [0.717, 1.165) is 45.8 Å². The number of methoxy groups -OCH3 is 2. The average Bonchev–Trinajstić information content (AvgIpc) is 3.79. The van der Waals surface area contributed by atoms with E-state index in [1.54, 1.807) is 20.3 Å². The Labute approximate surface area is 250 Å². The third kappa shape index (κ3) is 5.06. The maximum absolute atomic E-state index is 13.4. The van der Waals surface area contributed by atoms with E-state index in [1.165, 1.54) is 15.9 Å². The van der Waals surface area contributed by atoms with Crippen LogP contribution in [0.2, 0.25) is 0 Å². The number of hydrogen-bond donors (Lipinski definition) is 0. The summed E-state index contributed by atoms with van der Waals surface area (Å²) in [6.07, 6.45) is 8.45. The Balaban J connectivity index is 1.26. The summed E-state index contributed by atoms with van der Waals surface area (Å²) in [5.74, 6) is 2.63. The van der Waals surface area contributed by atoms with Crippen LogP contribution in [0.3, 0.4) is 0 Å². The molecule has 9 nitrogen and oxygen atoms in total. The molecule has 0 radical (unpaired) electrons. The van der Waals surface area contributed by atoms with Crippen molar-refractivity contribution in [2.24, 2.45) is 0 Å². The van der Waals surface area contributed by atoms with Crippen molar-refractivity contribution in [1.29, 1.82) is 0 Å². The van der Waals surface area contributed by atoms with Gasteiger partial charge in [0.05, 0.1) is 24.4 Å². The van der Waals surface area contributed by atoms with Crippen LogP contribution < -0.4 is 24.3 Å². The van der Waals surface area contributed by atoms with Crippen LogP contribution in [0.25, 0.3) is 40.1 Å². The summed E-state index contributed by atoms with van der Waals surface area (Å²) >= 11 is 1.30. The fraction of sp³-hybridized carbons (Fsp3) is 0.152. The summed E-state index contributed by atoms with van der Waals surface area (Å²) in [5, 5.41) is 9.39. The van der Waals surface area contributed by atoms with Gasteiger partial charge in [-0.15, -0.1) is 5.10 Å². The number of aromatic nitrogens is 5. The average molecular weight is 590 g/mol. The molecule has 214 valence electrons. The topological polar surface area (TPSA) is 92.8 Å². The second kappa shape index (κ2) is 10.9. The lowest BCUT2D eigenvalue weighted by molar-refractivity contribution is 0.254. The van der Waals surface area contributed by atoms with E-state index in [2.05, 4.69) is 23.1 Å². The molecule has 1 aliphatic rings. The van der Waals surface area contributed by atoms with Crippen LogP contribution in [0.1, 0.15) is 29.4 Å². The van der Waals surface area contributed by atoms with Gasteiger partial charge in [0.15, 0.2) is 17.3 Å². The number of ether oxygens (including phenoxy) is 3. The zero-order valence-corrected chi connectivity index (χ0v) is 24.5. The zero-order chi connectivity index (χ0) is 29.5. The minimum atomic E-state index is -0.229. The second-order valence-corrected chi connectivity index (χ2v) is 11.2. The third-order valence-electron chi connectivity index (χ3n) is 7.25. The van der Waals surface area contributed by atoms with E-state index >= 15 is 0 Å². The maximum atomic E-state index is 13.4. The molecule has 0 unspecified atom stereocenters. The highest BCUT2D eigenvalue weighted by molar-refractivity contribution is 7.15. The molecule has 0 amide bonds. The summed E-state index contributed by atoms with van der Waals surface area (Å²) in [6, 6.07) is 21.7. The monoisotopic (exact) mass is 589 g/mol. The van der Waals surface area contributed by atoms with Crippen molar-refractivity contribution in [2.45, 2.75) is 19.4 Å². The Kier molecular flexibility index (Phi) is 6.75. The number of para-hydroxylation sites is 1. The lowest BCUT2D eigenvalue weighted by Crippen LogP contribution is -2.23. The largest absolute Gasteiger partial charge is 0.493 e. The molecule has 4 heterocycles. The molecular formula is C33H27N5O4S. The summed E-state index contributed by atoms with van der Waals surface area (Å²) in [5.41, 5.74) is 5.32. The molecule has 0 saturated carbocycles. The van der Waals surface area contributed by atoms with Gasteiger partial charge < -0.3 is 14.2 Å². The van der Waals surface area contributed by atoms with E-state index in [0.29, 0.717) is 26.8 Å². The first-order valence-corrected chi connectivity index (χ1v) is 14.6. The van der Waals surface area contributed by atoms with Gasteiger partial charge in [-0.05, 0) is 72.7 Å². The number of fused-ring (bicyclic) bond motifs is 2. The quantitative estimate of drug-likeness (QED) is 0.257. The molecule has 10 heteroatoms. The first-order chi connectivity index (χ1) is 21.0. The van der Waals surface area contributed by atoms with Crippen LogP contribution in [0.15, 0.2) is 77.7 Å². The van der Waals surface area contributed by atoms with Crippen LogP contribution in [-0.4, -0.2) is 44.7 Å². The van der Waals surface area contributed by atoms with Gasteiger partial charge in [0.2, 0.25) is 4.96 Å². The molecule has 0 aliphatic carbocycles. The van der Waals surface area contributed by atoms with Gasteiger partial charge in [-0.1, -0.05) is 41.7 Å². The highest BCUT2D eigenvalue weighted by atomic mass is 32.1. The normalized spacial score (nSPS) is 14.9. The minimum Gasteiger partial charge on any atom is -0.493 e. The molecule has 3 aromatic carbocycles. The van der Waals surface area contributed by atoms with Gasteiger partial charge >= 0.3 is 0 Å². The maximum Gasteiger partial charge on any atom is 0.291 e. The van der Waals surface area contributed by atoms with Crippen molar-refractivity contribution in [3.63, 3.8) is 0 Å². The molecule has 0 spiro atoms. The number of rotatable bonds is 7. The zero-order valence-electron chi connectivity index (χ0n) is 23.7. The standard InChI is InChI=1S/C33H27N5O4S/c1-20-15-23-17-22(11-13-26(23)42-20)31-24(19-37(36-31)25-7-5-4-6-8-25)18-29-32(39)38-33(43-29)34-30(35-38)14-10-21-9-12-27(40-2)28(16-21)41-3/h4-14,16-20H,15H2,1-3H3/b14-10+,29-18-/t20-/m1/s1. The molecule has 6 aromatic rings. The Morgan fingerprint density at radius 3 is 2.60 bits per heavy atom. The van der Waals surface area contributed by atoms with Crippen molar-refractivity contribution in [1.82, 2.24) is 24.4 Å². The summed E-state index contributed by atoms with van der Waals surface area (Å²) in [6.45, 7) is 2.07. The fourth-order valence-corrected chi connectivity index (χ4v) is 6.09. The summed E-state index contributed by atoms with van der Waals surface area (Å²) < 4.78 is 20.3. The molecule has 0 N–H and O–H groups in total. The van der Waals surface area contributed by atoms with E-state index in [9.17, 15) is 4.79 Å². The minimum absolute atomic E-state index is 0.148. The SMILES string of the molecule is COc1ccc(/C=C/c2nc3s/c(=C\c4cn(-c5ccccc5)nc4-c4ccc5c(c4)C[C@@H](C)O5)c(=O)n3n2)cc1OC. The Bertz CT molecular complexity index is 2110. The Hall–Kier alpha value is -5.22. The second-order valence-electron chi connectivity index (χ2n) is 10.2. The molecule has 3 aromatic heterocycles. The molecule has 0 saturated heterocycles. The number of nitrogens with zero attached hydrogens (tertiary/aromatic N) is 5. The lowest BCUT2D eigenvalue weighted by Gasteiger charge is -2.07. The van der Waals surface area contributed by atoms with Gasteiger partial charge in [-0.2, -0.15) is 14.6 Å². The predicted octanol–water partition coefficient (Wildman–Crippen LogP) is 5.06. The molecule has 0 bridgehead atoms. The van der Waals surface area contributed by atoms with Crippen molar-refractivity contribution in [2.75, 3.05) is 14.2 Å². The smallest absolute Gasteiger partial charge is 0.291 e. The Morgan fingerprint density at radius 2 is 1.81 bits per heavy atom. The van der Waals surface area contributed by atoms with Gasteiger partial charge in [0.1, 0.15) is 17.5 Å². The number of hydrogen-bond acceptors (Lipinski definition) is 8. The van der Waals surface area contributed by atoms with E-state index < -0.39 is 0 Å². The molecule has 1 aliphatic heterocycles. The van der Waals surface area contributed by atoms with Crippen LogP contribution in [0.5, 0.6) is 17.2 Å². The summed E-state index contributed by atoms with van der Waals surface area (Å²) in [4.78, 5) is 18.5. The van der Waals surface area contributed by atoms with E-state index in [1.807, 2.05) is 83.7 Å². The Morgan fingerprint density at radius 1 is 0.977 bits per heavy atom. The molecule has 43 heavy (non-hydrogen) atoms. The van der Waals surface area contributed by atoms with Crippen LogP contribution in [0, 0.1) is 0 Å². The number of thiazole rings is 1. The predicted molar refractivity (Wildman–Crippen MR) is 167 cm³/mol. The highest BCUT2D eigenvalue weighted by Crippen LogP contribution is 2.34. The van der Waals surface area contributed by atoms with Gasteiger partial charge in [0.25, 0.3) is 5.56 Å². The molecule has 1 atom stereocenters. The van der Waals surface area contributed by atoms with Gasteiger partial charge in [-0.3, -0.25) is 4.79 Å². The fourth-order valence-electron chi connectivity index (χ4n) is 5.19. The first kappa shape index (κ1) is 26.7. The van der Waals surface area contributed by atoms with E-state index in [4.69, 9.17) is 19.3 Å². The van der Waals surface area contributed by atoms with Gasteiger partial charge in [0, 0.05) is 23.7 Å². The van der Waals surface area contributed by atoms with Gasteiger partial charge in [-0.25, -0.2) is 4.68 Å². The van der Waals surface area contributed by atoms with Crippen molar-refractivity contribution in [3.8, 4) is 34.2 Å². The van der Waals surface area contributed by atoms with Crippen molar-refractivity contribution >= 4 is 34.5 Å². The van der Waals surface area contributed by atoms with Crippen molar-refractivity contribution < 1.29 is 14.2 Å². The molecular weight excluding hydrogens is 562 g/mol. The van der Waals surface area contributed by atoms with Crippen LogP contribution in [0.4, 0.5) is 0 Å². The van der Waals surface area contributed by atoms with Crippen molar-refractivity contribution in [3.05, 3.63) is 110 Å². The van der Waals surface area contributed by atoms with Crippen LogP contribution in [-0.2, 0) is 6.42 Å². The summed E-state index contributed by atoms with van der Waals surface area (Å²) in [7, 11) is 3.19. The molecule has 0 fully saturated rings. The van der Waals surface area contributed by atoms with E-state index in [-0.39, 0.29) is 11.7 Å². The van der Waals surface area contributed by atoms with Crippen LogP contribution >= 0.6 is 11.3 Å². The first-order valence-electron chi connectivity index (χ1n) is 13.8. The molecule has 7 rings (SSSR count).